The van der Waals surface area contributed by atoms with E-state index < -0.39 is 0 Å². The fourth-order valence-corrected chi connectivity index (χ4v) is 2.63. The van der Waals surface area contributed by atoms with Crippen LogP contribution in [0.5, 0.6) is 0 Å². The monoisotopic (exact) mass is 410 g/mol. The van der Waals surface area contributed by atoms with E-state index in [0.717, 1.165) is 20.3 Å². The average molecular weight is 410 g/mol. The third kappa shape index (κ3) is 4.01. The highest BCUT2D eigenvalue weighted by Gasteiger charge is 2.10. The smallest absolute Gasteiger partial charge is 0.252 e. The molecule has 0 unspecified atom stereocenters. The molecule has 3 nitrogen and oxygen atoms in total. The molecule has 0 heterocycles. The Labute approximate surface area is 143 Å². The second-order valence-electron chi connectivity index (χ2n) is 4.68. The second-order valence-corrected chi connectivity index (χ2v) is 6.20. The number of carbonyl (C=O) groups is 1. The highest BCUT2D eigenvalue weighted by Crippen LogP contribution is 2.16. The van der Waals surface area contributed by atoms with Crippen LogP contribution in [-0.4, -0.2) is 10.9 Å². The van der Waals surface area contributed by atoms with Gasteiger partial charge in [-0.25, -0.2) is 0 Å². The topological polar surface area (TPSA) is 55.1 Å². The molecule has 2 aromatic rings. The van der Waals surface area contributed by atoms with Crippen molar-refractivity contribution in [2.24, 2.45) is 5.73 Å². The third-order valence-electron chi connectivity index (χ3n) is 3.13. The lowest BCUT2D eigenvalue weighted by Gasteiger charge is -2.09. The molecule has 5 heteroatoms. The van der Waals surface area contributed by atoms with Crippen molar-refractivity contribution in [3.8, 4) is 0 Å². The molecule has 2 rings (SSSR count). The molecule has 3 N–H and O–H groups in total. The molecule has 0 aliphatic heterocycles. The first-order chi connectivity index (χ1) is 9.99. The number of thiocarbonyl (C=S) groups is 1. The van der Waals surface area contributed by atoms with E-state index in [4.69, 9.17) is 18.0 Å². The van der Waals surface area contributed by atoms with Crippen LogP contribution in [0.3, 0.4) is 0 Å². The van der Waals surface area contributed by atoms with Gasteiger partial charge in [-0.15, -0.1) is 0 Å². The van der Waals surface area contributed by atoms with Crippen molar-refractivity contribution < 1.29 is 4.79 Å². The van der Waals surface area contributed by atoms with Crippen molar-refractivity contribution in [2.45, 2.75) is 13.5 Å². The SMILES string of the molecule is Cc1cccc(C(=O)NCc2ccc(C(N)=S)cc2)c1I. The molecular formula is C16H15IN2OS. The molecule has 0 spiro atoms. The first kappa shape index (κ1) is 15.9. The van der Waals surface area contributed by atoms with Crippen molar-refractivity contribution >= 4 is 45.7 Å². The van der Waals surface area contributed by atoms with E-state index >= 15 is 0 Å². The predicted molar refractivity (Wildman–Crippen MR) is 97.4 cm³/mol. The molecular weight excluding hydrogens is 395 g/mol. The van der Waals surface area contributed by atoms with Crippen molar-refractivity contribution in [1.29, 1.82) is 0 Å². The molecule has 21 heavy (non-hydrogen) atoms. The standard InChI is InChI=1S/C16H15IN2OS/c1-10-3-2-4-13(14(10)17)16(20)19-9-11-5-7-12(8-6-11)15(18)21/h2-8H,9H2,1H3,(H2,18,21)(H,19,20). The van der Waals surface area contributed by atoms with E-state index in [1.807, 2.05) is 49.4 Å². The second kappa shape index (κ2) is 7.00. The van der Waals surface area contributed by atoms with Crippen LogP contribution in [0.15, 0.2) is 42.5 Å². The summed E-state index contributed by atoms with van der Waals surface area (Å²) in [6.45, 7) is 2.47. The summed E-state index contributed by atoms with van der Waals surface area (Å²) in [6.07, 6.45) is 0. The zero-order valence-electron chi connectivity index (χ0n) is 11.5. The largest absolute Gasteiger partial charge is 0.389 e. The molecule has 2 aromatic carbocycles. The van der Waals surface area contributed by atoms with E-state index in [2.05, 4.69) is 27.9 Å². The summed E-state index contributed by atoms with van der Waals surface area (Å²) in [5.74, 6) is -0.0680. The number of halogens is 1. The average Bonchev–Trinajstić information content (AvgIpc) is 2.48. The zero-order chi connectivity index (χ0) is 15.4. The summed E-state index contributed by atoms with van der Waals surface area (Å²) in [5.41, 5.74) is 9.19. The van der Waals surface area contributed by atoms with Crippen LogP contribution >= 0.6 is 34.8 Å². The Hall–Kier alpha value is -1.47. The van der Waals surface area contributed by atoms with Crippen molar-refractivity contribution in [3.05, 3.63) is 68.3 Å². The van der Waals surface area contributed by atoms with Crippen molar-refractivity contribution in [1.82, 2.24) is 5.32 Å². The quantitative estimate of drug-likeness (QED) is 0.602. The Bertz CT molecular complexity index is 683. The number of amides is 1. The molecule has 1 amide bonds. The fraction of sp³-hybridized carbons (Fsp3) is 0.125. The number of hydrogen-bond donors (Lipinski definition) is 2. The summed E-state index contributed by atoms with van der Waals surface area (Å²) < 4.78 is 0.983. The number of nitrogens with one attached hydrogen (secondary N) is 1. The van der Waals surface area contributed by atoms with Crippen LogP contribution in [0.2, 0.25) is 0 Å². The minimum Gasteiger partial charge on any atom is -0.389 e. The molecule has 0 bridgehead atoms. The number of hydrogen-bond acceptors (Lipinski definition) is 2. The Morgan fingerprint density at radius 3 is 2.52 bits per heavy atom. The summed E-state index contributed by atoms with van der Waals surface area (Å²) in [4.78, 5) is 12.6. The lowest BCUT2D eigenvalue weighted by atomic mass is 10.1. The van der Waals surface area contributed by atoms with Gasteiger partial charge in [0.15, 0.2) is 0 Å². The Kier molecular flexibility index (Phi) is 5.30. The van der Waals surface area contributed by atoms with Gasteiger partial charge in [-0.3, -0.25) is 4.79 Å². The zero-order valence-corrected chi connectivity index (χ0v) is 14.5. The molecule has 0 fully saturated rings. The third-order valence-corrected chi connectivity index (χ3v) is 4.80. The first-order valence-electron chi connectivity index (χ1n) is 6.41. The van der Waals surface area contributed by atoms with Gasteiger partial charge < -0.3 is 11.1 Å². The Balaban J connectivity index is 2.04. The molecule has 0 aliphatic carbocycles. The maximum absolute atomic E-state index is 12.2. The molecule has 0 saturated carbocycles. The minimum atomic E-state index is -0.0680. The van der Waals surface area contributed by atoms with E-state index in [9.17, 15) is 4.79 Å². The minimum absolute atomic E-state index is 0.0680. The van der Waals surface area contributed by atoms with Crippen LogP contribution in [0, 0.1) is 10.5 Å². The van der Waals surface area contributed by atoms with E-state index in [1.165, 1.54) is 0 Å². The van der Waals surface area contributed by atoms with Gasteiger partial charge in [0.1, 0.15) is 4.99 Å². The van der Waals surface area contributed by atoms with Crippen LogP contribution in [0.1, 0.15) is 27.0 Å². The molecule has 0 aliphatic rings. The van der Waals surface area contributed by atoms with Gasteiger partial charge in [0.05, 0.1) is 5.56 Å². The van der Waals surface area contributed by atoms with E-state index in [-0.39, 0.29) is 5.91 Å². The fourth-order valence-electron chi connectivity index (χ4n) is 1.89. The highest BCUT2D eigenvalue weighted by atomic mass is 127. The first-order valence-corrected chi connectivity index (χ1v) is 7.90. The maximum atomic E-state index is 12.2. The number of aryl methyl sites for hydroxylation is 1. The molecule has 0 saturated heterocycles. The van der Waals surface area contributed by atoms with E-state index in [1.54, 1.807) is 0 Å². The molecule has 108 valence electrons. The van der Waals surface area contributed by atoms with Gasteiger partial charge in [0.25, 0.3) is 5.91 Å². The number of rotatable bonds is 4. The van der Waals surface area contributed by atoms with Crippen molar-refractivity contribution in [3.63, 3.8) is 0 Å². The van der Waals surface area contributed by atoms with Gasteiger partial charge >= 0.3 is 0 Å². The molecule has 0 atom stereocenters. The molecule has 0 radical (unpaired) electrons. The van der Waals surface area contributed by atoms with Crippen LogP contribution in [0.4, 0.5) is 0 Å². The highest BCUT2D eigenvalue weighted by molar-refractivity contribution is 14.1. The lowest BCUT2D eigenvalue weighted by molar-refractivity contribution is 0.0950. The van der Waals surface area contributed by atoms with Crippen LogP contribution < -0.4 is 11.1 Å². The van der Waals surface area contributed by atoms with Gasteiger partial charge in [0, 0.05) is 15.7 Å². The number of benzene rings is 2. The van der Waals surface area contributed by atoms with Gasteiger partial charge in [-0.2, -0.15) is 0 Å². The molecule has 0 aromatic heterocycles. The summed E-state index contributed by atoms with van der Waals surface area (Å²) in [6, 6.07) is 13.3. The Morgan fingerprint density at radius 1 is 1.24 bits per heavy atom. The van der Waals surface area contributed by atoms with Crippen molar-refractivity contribution in [2.75, 3.05) is 0 Å². The Morgan fingerprint density at radius 2 is 1.90 bits per heavy atom. The number of nitrogens with two attached hydrogens (primary N) is 1. The van der Waals surface area contributed by atoms with Crippen LogP contribution in [-0.2, 0) is 6.54 Å². The number of carbonyl (C=O) groups excluding carboxylic acids is 1. The van der Waals surface area contributed by atoms with Crippen LogP contribution in [0.25, 0.3) is 0 Å². The summed E-state index contributed by atoms with van der Waals surface area (Å²) >= 11 is 7.11. The summed E-state index contributed by atoms with van der Waals surface area (Å²) in [7, 11) is 0. The predicted octanol–water partition coefficient (Wildman–Crippen LogP) is 3.16. The van der Waals surface area contributed by atoms with Gasteiger partial charge in [-0.1, -0.05) is 48.6 Å². The van der Waals surface area contributed by atoms with Gasteiger partial charge in [-0.05, 0) is 46.7 Å². The normalized spacial score (nSPS) is 10.2. The van der Waals surface area contributed by atoms with E-state index in [0.29, 0.717) is 17.1 Å². The maximum Gasteiger partial charge on any atom is 0.252 e. The van der Waals surface area contributed by atoms with Gasteiger partial charge in [0.2, 0.25) is 0 Å². The lowest BCUT2D eigenvalue weighted by Crippen LogP contribution is -2.24. The summed E-state index contributed by atoms with van der Waals surface area (Å²) in [5, 5.41) is 2.92.